The molecule has 2 aromatic heterocycles. The van der Waals surface area contributed by atoms with Gasteiger partial charge in [0.2, 0.25) is 5.91 Å². The number of nitrogens with two attached hydrogens (primary N) is 1. The van der Waals surface area contributed by atoms with E-state index in [2.05, 4.69) is 15.3 Å². The average Bonchev–Trinajstić information content (AvgIpc) is 3.31. The molecule has 0 radical (unpaired) electrons. The Hall–Kier alpha value is -2.44. The number of fused-ring (bicyclic) bond motifs is 1. The van der Waals surface area contributed by atoms with Crippen molar-refractivity contribution >= 4 is 22.8 Å². The second-order valence-electron chi connectivity index (χ2n) is 6.03. The van der Waals surface area contributed by atoms with Crippen LogP contribution in [-0.2, 0) is 4.79 Å². The van der Waals surface area contributed by atoms with Gasteiger partial charge in [0.1, 0.15) is 11.5 Å². The lowest BCUT2D eigenvalue weighted by Crippen LogP contribution is -2.39. The lowest BCUT2D eigenvalue weighted by atomic mass is 10.1. The van der Waals surface area contributed by atoms with Crippen molar-refractivity contribution < 1.29 is 4.79 Å². The lowest BCUT2D eigenvalue weighted by molar-refractivity contribution is -0.123. The van der Waals surface area contributed by atoms with Crippen LogP contribution in [0.2, 0.25) is 0 Å². The quantitative estimate of drug-likeness (QED) is 0.849. The summed E-state index contributed by atoms with van der Waals surface area (Å²) in [5.41, 5.74) is 7.00. The molecule has 7 nitrogen and oxygen atoms in total. The molecule has 2 aliphatic rings. The highest BCUT2D eigenvalue weighted by atomic mass is 16.2. The van der Waals surface area contributed by atoms with Gasteiger partial charge in [-0.3, -0.25) is 9.36 Å². The fourth-order valence-corrected chi connectivity index (χ4v) is 3.08. The Morgan fingerprint density at radius 1 is 1.18 bits per heavy atom. The van der Waals surface area contributed by atoms with E-state index in [1.165, 1.54) is 0 Å². The molecule has 0 spiro atoms. The minimum atomic E-state index is -0.426. The van der Waals surface area contributed by atoms with Crippen LogP contribution in [0.25, 0.3) is 11.0 Å². The van der Waals surface area contributed by atoms with Crippen molar-refractivity contribution in [1.82, 2.24) is 19.9 Å². The second kappa shape index (κ2) is 4.79. The van der Waals surface area contributed by atoms with Gasteiger partial charge in [-0.05, 0) is 31.4 Å². The Kier molecular flexibility index (Phi) is 2.88. The summed E-state index contributed by atoms with van der Waals surface area (Å²) in [5.74, 6) is 0.634. The summed E-state index contributed by atoms with van der Waals surface area (Å²) in [6, 6.07) is 3.64. The maximum Gasteiger partial charge on any atom is 0.351 e. The van der Waals surface area contributed by atoms with Crippen LogP contribution in [0.3, 0.4) is 0 Å². The number of anilines is 1. The van der Waals surface area contributed by atoms with Crippen LogP contribution in [0.15, 0.2) is 16.9 Å². The maximum absolute atomic E-state index is 12.4. The first-order chi connectivity index (χ1) is 10.6. The van der Waals surface area contributed by atoms with E-state index in [4.69, 9.17) is 5.73 Å². The Morgan fingerprint density at radius 2 is 2.00 bits per heavy atom. The van der Waals surface area contributed by atoms with Crippen LogP contribution >= 0.6 is 0 Å². The van der Waals surface area contributed by atoms with E-state index in [-0.39, 0.29) is 24.2 Å². The number of piperidine rings is 1. The van der Waals surface area contributed by atoms with E-state index in [1.54, 1.807) is 4.57 Å². The normalized spacial score (nSPS) is 21.8. The molecule has 1 aliphatic carbocycles. The van der Waals surface area contributed by atoms with Gasteiger partial charge in [-0.1, -0.05) is 0 Å². The first-order valence-electron chi connectivity index (χ1n) is 7.59. The largest absolute Gasteiger partial charge is 0.383 e. The molecular formula is C15H17N5O2. The van der Waals surface area contributed by atoms with Crippen molar-refractivity contribution in [2.45, 2.75) is 37.6 Å². The fraction of sp³-hybridized carbons (Fsp3) is 0.467. The summed E-state index contributed by atoms with van der Waals surface area (Å²) >= 11 is 0. The second-order valence-corrected chi connectivity index (χ2v) is 6.03. The molecule has 4 rings (SSSR count). The molecule has 1 aliphatic heterocycles. The van der Waals surface area contributed by atoms with Gasteiger partial charge in [-0.15, -0.1) is 0 Å². The number of amides is 1. The number of hydrogen-bond acceptors (Lipinski definition) is 5. The SMILES string of the molecule is Nc1nc(=O)n(C2CCNC(=O)C2)c2nc(C3CC3)ccc12. The molecule has 0 aromatic carbocycles. The first kappa shape index (κ1) is 13.2. The molecule has 114 valence electrons. The monoisotopic (exact) mass is 299 g/mol. The highest BCUT2D eigenvalue weighted by Gasteiger charge is 2.28. The summed E-state index contributed by atoms with van der Waals surface area (Å²) in [6.07, 6.45) is 3.24. The van der Waals surface area contributed by atoms with Gasteiger partial charge < -0.3 is 11.1 Å². The molecular weight excluding hydrogens is 282 g/mol. The summed E-state index contributed by atoms with van der Waals surface area (Å²) in [5, 5.41) is 3.46. The first-order valence-corrected chi connectivity index (χ1v) is 7.59. The van der Waals surface area contributed by atoms with Gasteiger partial charge in [0.05, 0.1) is 11.4 Å². The molecule has 1 amide bonds. The molecule has 1 atom stereocenters. The molecule has 22 heavy (non-hydrogen) atoms. The third-order valence-corrected chi connectivity index (χ3v) is 4.40. The zero-order valence-corrected chi connectivity index (χ0v) is 12.1. The third kappa shape index (κ3) is 2.13. The lowest BCUT2D eigenvalue weighted by Gasteiger charge is -2.25. The summed E-state index contributed by atoms with van der Waals surface area (Å²) in [7, 11) is 0. The molecule has 1 unspecified atom stereocenters. The highest BCUT2D eigenvalue weighted by Crippen LogP contribution is 2.39. The van der Waals surface area contributed by atoms with Gasteiger partial charge >= 0.3 is 5.69 Å². The molecule has 2 aromatic rings. The maximum atomic E-state index is 12.4. The van der Waals surface area contributed by atoms with Crippen molar-refractivity contribution in [2.24, 2.45) is 0 Å². The van der Waals surface area contributed by atoms with E-state index < -0.39 is 5.69 Å². The molecule has 7 heteroatoms. The van der Waals surface area contributed by atoms with Crippen LogP contribution < -0.4 is 16.7 Å². The molecule has 1 saturated heterocycles. The zero-order chi connectivity index (χ0) is 15.3. The van der Waals surface area contributed by atoms with E-state index in [0.29, 0.717) is 29.9 Å². The van der Waals surface area contributed by atoms with Crippen molar-refractivity contribution in [3.63, 3.8) is 0 Å². The van der Waals surface area contributed by atoms with Crippen LogP contribution in [0.1, 0.15) is 43.3 Å². The predicted octanol–water partition coefficient (Wildman–Crippen LogP) is 0.702. The third-order valence-electron chi connectivity index (χ3n) is 4.40. The summed E-state index contributed by atoms with van der Waals surface area (Å²) in [4.78, 5) is 32.6. The van der Waals surface area contributed by atoms with Gasteiger partial charge in [0, 0.05) is 24.6 Å². The van der Waals surface area contributed by atoms with Crippen molar-refractivity contribution in [3.05, 3.63) is 28.3 Å². The smallest absolute Gasteiger partial charge is 0.351 e. The number of hydrogen-bond donors (Lipinski definition) is 2. The Bertz CT molecular complexity index is 825. The number of nitrogen functional groups attached to an aromatic ring is 1. The van der Waals surface area contributed by atoms with Crippen LogP contribution in [0.5, 0.6) is 0 Å². The minimum absolute atomic E-state index is 0.0496. The van der Waals surface area contributed by atoms with Gasteiger partial charge in [-0.25, -0.2) is 9.78 Å². The molecule has 3 N–H and O–H groups in total. The van der Waals surface area contributed by atoms with Crippen molar-refractivity contribution in [2.75, 3.05) is 12.3 Å². The van der Waals surface area contributed by atoms with Gasteiger partial charge in [0.25, 0.3) is 0 Å². The van der Waals surface area contributed by atoms with Crippen LogP contribution in [0, 0.1) is 0 Å². The summed E-state index contributed by atoms with van der Waals surface area (Å²) < 4.78 is 1.55. The number of nitrogens with one attached hydrogen (secondary N) is 1. The number of pyridine rings is 1. The molecule has 3 heterocycles. The van der Waals surface area contributed by atoms with Gasteiger partial charge in [0.15, 0.2) is 0 Å². The number of aromatic nitrogens is 3. The molecule has 0 bridgehead atoms. The summed E-state index contributed by atoms with van der Waals surface area (Å²) in [6.45, 7) is 0.560. The highest BCUT2D eigenvalue weighted by molar-refractivity contribution is 5.86. The standard InChI is InChI=1S/C15H17N5O2/c16-13-10-3-4-11(8-1-2-8)18-14(10)20(15(22)19-13)9-5-6-17-12(21)7-9/h3-4,8-9H,1-2,5-7H2,(H,17,21)(H2,16,19,22). The van der Waals surface area contributed by atoms with E-state index in [9.17, 15) is 9.59 Å². The number of nitrogens with zero attached hydrogens (tertiary/aromatic N) is 3. The Morgan fingerprint density at radius 3 is 2.73 bits per heavy atom. The van der Waals surface area contributed by atoms with Crippen molar-refractivity contribution in [1.29, 1.82) is 0 Å². The number of carbonyl (C=O) groups is 1. The molecule has 2 fully saturated rings. The average molecular weight is 299 g/mol. The zero-order valence-electron chi connectivity index (χ0n) is 12.1. The van der Waals surface area contributed by atoms with E-state index in [0.717, 1.165) is 18.5 Å². The van der Waals surface area contributed by atoms with E-state index in [1.807, 2.05) is 12.1 Å². The predicted molar refractivity (Wildman–Crippen MR) is 81.5 cm³/mol. The fourth-order valence-electron chi connectivity index (χ4n) is 3.08. The Balaban J connectivity index is 1.92. The van der Waals surface area contributed by atoms with E-state index >= 15 is 0 Å². The van der Waals surface area contributed by atoms with Crippen LogP contribution in [-0.4, -0.2) is 27.0 Å². The van der Waals surface area contributed by atoms with Gasteiger partial charge in [-0.2, -0.15) is 4.98 Å². The Labute approximate surface area is 126 Å². The number of carbonyl (C=O) groups excluding carboxylic acids is 1. The number of rotatable bonds is 2. The van der Waals surface area contributed by atoms with Crippen molar-refractivity contribution in [3.8, 4) is 0 Å². The van der Waals surface area contributed by atoms with Crippen LogP contribution in [0.4, 0.5) is 5.82 Å². The minimum Gasteiger partial charge on any atom is -0.383 e. The molecule has 1 saturated carbocycles. The topological polar surface area (TPSA) is 103 Å².